The number of aryl methyl sites for hydroxylation is 2. The highest BCUT2D eigenvalue weighted by Gasteiger charge is 2.10. The third-order valence-electron chi connectivity index (χ3n) is 2.81. The van der Waals surface area contributed by atoms with E-state index in [2.05, 4.69) is 25.9 Å². The van der Waals surface area contributed by atoms with Gasteiger partial charge < -0.3 is 9.73 Å². The maximum absolute atomic E-state index is 5.49. The van der Waals surface area contributed by atoms with Gasteiger partial charge in [0.1, 0.15) is 0 Å². The lowest BCUT2D eigenvalue weighted by molar-refractivity contribution is 0.533. The van der Waals surface area contributed by atoms with E-state index in [0.717, 1.165) is 22.0 Å². The molecule has 0 unspecified atom stereocenters. The van der Waals surface area contributed by atoms with Gasteiger partial charge in [0.15, 0.2) is 0 Å². The van der Waals surface area contributed by atoms with Gasteiger partial charge in [-0.05, 0) is 19.1 Å². The van der Waals surface area contributed by atoms with E-state index >= 15 is 0 Å². The number of rotatable bonds is 4. The van der Waals surface area contributed by atoms with Gasteiger partial charge >= 0.3 is 0 Å². The third-order valence-corrected chi connectivity index (χ3v) is 3.63. The zero-order valence-corrected chi connectivity index (χ0v) is 12.1. The normalized spacial score (nSPS) is 10.7. The minimum absolute atomic E-state index is 0.528. The second-order valence-corrected chi connectivity index (χ2v) is 5.45. The Hall–Kier alpha value is -2.21. The SMILES string of the molecule is Cc1nnc(-c2ccccc2NCc2csc(C)n2)o1. The van der Waals surface area contributed by atoms with Gasteiger partial charge in [-0.1, -0.05) is 12.1 Å². The summed E-state index contributed by atoms with van der Waals surface area (Å²) in [5, 5.41) is 14.4. The number of benzene rings is 1. The number of anilines is 1. The molecule has 102 valence electrons. The van der Waals surface area contributed by atoms with Crippen molar-refractivity contribution < 1.29 is 4.42 Å². The van der Waals surface area contributed by atoms with E-state index in [0.29, 0.717) is 18.3 Å². The van der Waals surface area contributed by atoms with Crippen molar-refractivity contribution in [3.8, 4) is 11.5 Å². The Morgan fingerprint density at radius 2 is 2.05 bits per heavy atom. The van der Waals surface area contributed by atoms with Crippen molar-refractivity contribution in [2.75, 3.05) is 5.32 Å². The fraction of sp³-hybridized carbons (Fsp3) is 0.214. The summed E-state index contributed by atoms with van der Waals surface area (Å²) in [7, 11) is 0. The van der Waals surface area contributed by atoms with E-state index in [4.69, 9.17) is 4.42 Å². The molecule has 5 nitrogen and oxygen atoms in total. The van der Waals surface area contributed by atoms with Crippen LogP contribution in [0.2, 0.25) is 0 Å². The van der Waals surface area contributed by atoms with Crippen LogP contribution in [0.1, 0.15) is 16.6 Å². The molecule has 0 aliphatic carbocycles. The Balaban J connectivity index is 1.83. The van der Waals surface area contributed by atoms with Gasteiger partial charge in [-0.2, -0.15) is 0 Å². The van der Waals surface area contributed by atoms with Crippen LogP contribution < -0.4 is 5.32 Å². The van der Waals surface area contributed by atoms with Crippen LogP contribution in [0.4, 0.5) is 5.69 Å². The van der Waals surface area contributed by atoms with E-state index in [9.17, 15) is 0 Å². The number of hydrogen-bond donors (Lipinski definition) is 1. The molecule has 1 aromatic carbocycles. The van der Waals surface area contributed by atoms with Gasteiger partial charge in [0.05, 0.1) is 22.8 Å². The van der Waals surface area contributed by atoms with Gasteiger partial charge in [-0.15, -0.1) is 21.5 Å². The molecule has 2 heterocycles. The highest BCUT2D eigenvalue weighted by Crippen LogP contribution is 2.27. The Morgan fingerprint density at radius 1 is 1.20 bits per heavy atom. The second kappa shape index (κ2) is 5.42. The van der Waals surface area contributed by atoms with Crippen molar-refractivity contribution in [2.24, 2.45) is 0 Å². The fourth-order valence-corrected chi connectivity index (χ4v) is 2.52. The lowest BCUT2D eigenvalue weighted by Gasteiger charge is -2.08. The number of hydrogen-bond acceptors (Lipinski definition) is 6. The molecule has 0 spiro atoms. The molecule has 0 radical (unpaired) electrons. The van der Waals surface area contributed by atoms with Crippen LogP contribution in [0, 0.1) is 13.8 Å². The zero-order chi connectivity index (χ0) is 13.9. The molecule has 0 bridgehead atoms. The molecule has 0 amide bonds. The first-order chi connectivity index (χ1) is 9.72. The second-order valence-electron chi connectivity index (χ2n) is 4.38. The average Bonchev–Trinajstić information content (AvgIpc) is 3.06. The summed E-state index contributed by atoms with van der Waals surface area (Å²) in [4.78, 5) is 4.44. The summed E-state index contributed by atoms with van der Waals surface area (Å²) in [5.41, 5.74) is 2.89. The first-order valence-electron chi connectivity index (χ1n) is 6.27. The summed E-state index contributed by atoms with van der Waals surface area (Å²) in [6.07, 6.45) is 0. The standard InChI is InChI=1S/C14H14N4OS/c1-9-17-18-14(19-9)12-5-3-4-6-13(12)15-7-11-8-20-10(2)16-11/h3-6,8,15H,7H2,1-2H3. The molecule has 0 fully saturated rings. The lowest BCUT2D eigenvalue weighted by Crippen LogP contribution is -2.01. The zero-order valence-electron chi connectivity index (χ0n) is 11.3. The van der Waals surface area contributed by atoms with Crippen LogP contribution >= 0.6 is 11.3 Å². The molecule has 0 aliphatic rings. The summed E-state index contributed by atoms with van der Waals surface area (Å²) < 4.78 is 5.49. The first kappa shape index (κ1) is 12.8. The number of para-hydroxylation sites is 1. The minimum atomic E-state index is 0.528. The van der Waals surface area contributed by atoms with Gasteiger partial charge in [0.25, 0.3) is 0 Å². The van der Waals surface area contributed by atoms with Crippen LogP contribution in [0.5, 0.6) is 0 Å². The Labute approximate surface area is 120 Å². The highest BCUT2D eigenvalue weighted by atomic mass is 32.1. The van der Waals surface area contributed by atoms with E-state index in [-0.39, 0.29) is 0 Å². The quantitative estimate of drug-likeness (QED) is 0.796. The predicted octanol–water partition coefficient (Wildman–Crippen LogP) is 3.42. The average molecular weight is 286 g/mol. The summed E-state index contributed by atoms with van der Waals surface area (Å²) in [5.74, 6) is 1.09. The van der Waals surface area contributed by atoms with Crippen molar-refractivity contribution >= 4 is 17.0 Å². The smallest absolute Gasteiger partial charge is 0.249 e. The van der Waals surface area contributed by atoms with Gasteiger partial charge in [-0.3, -0.25) is 0 Å². The van der Waals surface area contributed by atoms with Crippen LogP contribution in [0.15, 0.2) is 34.1 Å². The van der Waals surface area contributed by atoms with Crippen molar-refractivity contribution in [1.29, 1.82) is 0 Å². The molecule has 6 heteroatoms. The molecule has 20 heavy (non-hydrogen) atoms. The molecular formula is C14H14N4OS. The molecule has 2 aromatic heterocycles. The van der Waals surface area contributed by atoms with Crippen LogP contribution in [0.25, 0.3) is 11.5 Å². The molecule has 0 aliphatic heterocycles. The lowest BCUT2D eigenvalue weighted by atomic mass is 10.1. The van der Waals surface area contributed by atoms with E-state index in [1.807, 2.05) is 31.2 Å². The summed E-state index contributed by atoms with van der Waals surface area (Å²) in [6, 6.07) is 7.88. The molecule has 0 saturated heterocycles. The molecule has 0 atom stereocenters. The Bertz CT molecular complexity index is 719. The molecule has 3 aromatic rings. The Kier molecular flexibility index (Phi) is 3.47. The fourth-order valence-electron chi connectivity index (χ4n) is 1.90. The number of nitrogens with one attached hydrogen (secondary N) is 1. The monoisotopic (exact) mass is 286 g/mol. The van der Waals surface area contributed by atoms with Crippen LogP contribution in [-0.2, 0) is 6.54 Å². The van der Waals surface area contributed by atoms with Crippen molar-refractivity contribution in [1.82, 2.24) is 15.2 Å². The molecule has 3 rings (SSSR count). The number of thiazole rings is 1. The molecule has 0 saturated carbocycles. The number of aromatic nitrogens is 3. The highest BCUT2D eigenvalue weighted by molar-refractivity contribution is 7.09. The van der Waals surface area contributed by atoms with Gasteiger partial charge in [0.2, 0.25) is 11.8 Å². The Morgan fingerprint density at radius 3 is 2.75 bits per heavy atom. The predicted molar refractivity (Wildman–Crippen MR) is 78.6 cm³/mol. The van der Waals surface area contributed by atoms with E-state index in [1.165, 1.54) is 0 Å². The summed E-state index contributed by atoms with van der Waals surface area (Å²) >= 11 is 1.65. The van der Waals surface area contributed by atoms with Gasteiger partial charge in [0, 0.05) is 18.0 Å². The molecule has 1 N–H and O–H groups in total. The van der Waals surface area contributed by atoms with E-state index < -0.39 is 0 Å². The van der Waals surface area contributed by atoms with Crippen LogP contribution in [-0.4, -0.2) is 15.2 Å². The maximum Gasteiger partial charge on any atom is 0.249 e. The minimum Gasteiger partial charge on any atom is -0.421 e. The third kappa shape index (κ3) is 2.70. The maximum atomic E-state index is 5.49. The van der Waals surface area contributed by atoms with E-state index in [1.54, 1.807) is 18.3 Å². The van der Waals surface area contributed by atoms with Crippen molar-refractivity contribution in [2.45, 2.75) is 20.4 Å². The largest absolute Gasteiger partial charge is 0.421 e. The van der Waals surface area contributed by atoms with Crippen LogP contribution in [0.3, 0.4) is 0 Å². The topological polar surface area (TPSA) is 63.8 Å². The number of nitrogens with zero attached hydrogens (tertiary/aromatic N) is 3. The van der Waals surface area contributed by atoms with Crippen molar-refractivity contribution in [3.05, 3.63) is 46.2 Å². The first-order valence-corrected chi connectivity index (χ1v) is 7.15. The van der Waals surface area contributed by atoms with Crippen molar-refractivity contribution in [3.63, 3.8) is 0 Å². The van der Waals surface area contributed by atoms with Gasteiger partial charge in [-0.25, -0.2) is 4.98 Å². The summed E-state index contributed by atoms with van der Waals surface area (Å²) in [6.45, 7) is 4.46. The molecular weight excluding hydrogens is 272 g/mol.